The van der Waals surface area contributed by atoms with Crippen LogP contribution in [0.15, 0.2) is 62.1 Å². The number of aromatic nitrogens is 1. The zero-order chi connectivity index (χ0) is 20.3. The highest BCUT2D eigenvalue weighted by Gasteiger charge is 2.20. The molecule has 1 amide bonds. The summed E-state index contributed by atoms with van der Waals surface area (Å²) in [5, 5.41) is 2.70. The fourth-order valence-electron chi connectivity index (χ4n) is 2.37. The predicted molar refractivity (Wildman–Crippen MR) is 105 cm³/mol. The first kappa shape index (κ1) is 20.1. The van der Waals surface area contributed by atoms with Crippen molar-refractivity contribution in [1.29, 1.82) is 0 Å². The molecule has 3 rings (SSSR count). The molecule has 3 aromatic heterocycles. The smallest absolute Gasteiger partial charge is 0.287 e. The molecule has 28 heavy (non-hydrogen) atoms. The Morgan fingerprint density at radius 3 is 2.68 bits per heavy atom. The van der Waals surface area contributed by atoms with E-state index >= 15 is 0 Å². The van der Waals surface area contributed by atoms with Gasteiger partial charge in [0.25, 0.3) is 21.5 Å². The lowest BCUT2D eigenvalue weighted by Gasteiger charge is -2.08. The molecule has 10 heteroatoms. The number of hydrogen-bond donors (Lipinski definition) is 1. The monoisotopic (exact) mass is 421 g/mol. The quantitative estimate of drug-likeness (QED) is 0.626. The number of thiophene rings is 1. The van der Waals surface area contributed by atoms with Crippen LogP contribution in [-0.2, 0) is 23.1 Å². The van der Waals surface area contributed by atoms with Crippen molar-refractivity contribution in [3.63, 3.8) is 0 Å². The molecule has 0 aliphatic heterocycles. The number of pyridine rings is 1. The van der Waals surface area contributed by atoms with E-state index in [0.717, 1.165) is 15.6 Å². The molecule has 0 aromatic carbocycles. The number of carbonyl (C=O) groups is 1. The summed E-state index contributed by atoms with van der Waals surface area (Å²) in [5.41, 5.74) is -0.161. The number of rotatable bonds is 7. The van der Waals surface area contributed by atoms with Crippen LogP contribution in [0.5, 0.6) is 0 Å². The predicted octanol–water partition coefficient (Wildman–Crippen LogP) is 1.73. The average Bonchev–Trinajstić information content (AvgIpc) is 3.31. The highest BCUT2D eigenvalue weighted by Crippen LogP contribution is 2.23. The van der Waals surface area contributed by atoms with Crippen molar-refractivity contribution in [3.8, 4) is 0 Å². The molecule has 0 aliphatic carbocycles. The normalized spacial score (nSPS) is 11.7. The van der Waals surface area contributed by atoms with Gasteiger partial charge in [-0.15, -0.1) is 11.3 Å². The molecular weight excluding hydrogens is 402 g/mol. The molecule has 0 unspecified atom stereocenters. The van der Waals surface area contributed by atoms with Crippen molar-refractivity contribution in [2.75, 3.05) is 14.1 Å². The first-order chi connectivity index (χ1) is 13.3. The third-order valence-electron chi connectivity index (χ3n) is 3.91. The van der Waals surface area contributed by atoms with E-state index in [2.05, 4.69) is 5.32 Å². The summed E-state index contributed by atoms with van der Waals surface area (Å²) in [6, 6.07) is 11.2. The molecule has 3 heterocycles. The van der Waals surface area contributed by atoms with Gasteiger partial charge in [-0.2, -0.15) is 0 Å². The fourth-order valence-corrected chi connectivity index (χ4v) is 4.83. The second kappa shape index (κ2) is 8.13. The molecule has 0 atom stereocenters. The topological polar surface area (TPSA) is 102 Å². The Bertz CT molecular complexity index is 1140. The fraction of sp³-hybridized carbons (Fsp3) is 0.222. The molecule has 0 fully saturated rings. The molecule has 148 valence electrons. The summed E-state index contributed by atoms with van der Waals surface area (Å²) in [6.45, 7) is 0.407. The zero-order valence-electron chi connectivity index (χ0n) is 15.3. The summed E-state index contributed by atoms with van der Waals surface area (Å²) in [7, 11) is -0.550. The lowest BCUT2D eigenvalue weighted by molar-refractivity contribution is 0.0921. The van der Waals surface area contributed by atoms with Gasteiger partial charge in [0.1, 0.15) is 9.97 Å². The number of nitrogens with zero attached hydrogens (tertiary/aromatic N) is 2. The van der Waals surface area contributed by atoms with Crippen molar-refractivity contribution in [2.24, 2.45) is 0 Å². The van der Waals surface area contributed by atoms with Crippen LogP contribution in [0, 0.1) is 0 Å². The van der Waals surface area contributed by atoms with Crippen molar-refractivity contribution >= 4 is 27.3 Å². The Morgan fingerprint density at radius 1 is 1.18 bits per heavy atom. The minimum Gasteiger partial charge on any atom is -0.454 e. The third kappa shape index (κ3) is 4.41. The van der Waals surface area contributed by atoms with E-state index in [1.54, 1.807) is 30.5 Å². The number of sulfonamides is 1. The van der Waals surface area contributed by atoms with Crippen LogP contribution >= 0.6 is 11.3 Å². The van der Waals surface area contributed by atoms with Gasteiger partial charge in [0, 0.05) is 31.2 Å². The average molecular weight is 422 g/mol. The molecule has 0 radical (unpaired) electrons. The maximum absolute atomic E-state index is 12.3. The Labute approximate surface area is 166 Å². The molecule has 8 nitrogen and oxygen atoms in total. The largest absolute Gasteiger partial charge is 0.454 e. The molecular formula is C18H19N3O5S2. The van der Waals surface area contributed by atoms with Crippen LogP contribution in [0.4, 0.5) is 0 Å². The van der Waals surface area contributed by atoms with Crippen LogP contribution in [0.1, 0.15) is 21.2 Å². The molecule has 0 spiro atoms. The minimum atomic E-state index is -3.48. The number of amides is 1. The van der Waals surface area contributed by atoms with E-state index < -0.39 is 15.9 Å². The van der Waals surface area contributed by atoms with Gasteiger partial charge >= 0.3 is 0 Å². The molecule has 0 bridgehead atoms. The number of furan rings is 1. The van der Waals surface area contributed by atoms with Gasteiger partial charge in [-0.1, -0.05) is 6.07 Å². The Kier molecular flexibility index (Phi) is 5.82. The highest BCUT2D eigenvalue weighted by molar-refractivity contribution is 7.91. The maximum atomic E-state index is 12.3. The molecule has 0 saturated carbocycles. The molecule has 0 aliphatic rings. The van der Waals surface area contributed by atoms with Gasteiger partial charge < -0.3 is 14.3 Å². The van der Waals surface area contributed by atoms with Crippen LogP contribution in [0.25, 0.3) is 0 Å². The highest BCUT2D eigenvalue weighted by atomic mass is 32.2. The van der Waals surface area contributed by atoms with E-state index in [-0.39, 0.29) is 28.6 Å². The number of nitrogens with one attached hydrogen (secondary N) is 1. The summed E-state index contributed by atoms with van der Waals surface area (Å²) in [4.78, 5) is 24.7. The Balaban J connectivity index is 1.62. The van der Waals surface area contributed by atoms with Crippen LogP contribution in [-0.4, -0.2) is 37.3 Å². The van der Waals surface area contributed by atoms with E-state index in [9.17, 15) is 18.0 Å². The first-order valence-corrected chi connectivity index (χ1v) is 10.6. The van der Waals surface area contributed by atoms with Gasteiger partial charge in [-0.05, 0) is 30.3 Å². The van der Waals surface area contributed by atoms with Crippen molar-refractivity contribution < 1.29 is 17.6 Å². The van der Waals surface area contributed by atoms with E-state index in [1.807, 2.05) is 0 Å². The second-order valence-corrected chi connectivity index (χ2v) is 9.67. The summed E-state index contributed by atoms with van der Waals surface area (Å²) < 4.78 is 32.5. The summed E-state index contributed by atoms with van der Waals surface area (Å²) in [6.07, 6.45) is 1.64. The van der Waals surface area contributed by atoms with Gasteiger partial charge in [0.2, 0.25) is 0 Å². The summed E-state index contributed by atoms with van der Waals surface area (Å²) in [5.74, 6) is 0.183. The Morgan fingerprint density at radius 2 is 1.96 bits per heavy atom. The number of carbonyl (C=O) groups excluding carboxylic acids is 1. The van der Waals surface area contributed by atoms with Crippen molar-refractivity contribution in [3.05, 3.63) is 75.4 Å². The van der Waals surface area contributed by atoms with E-state index in [1.165, 1.54) is 36.9 Å². The van der Waals surface area contributed by atoms with Crippen LogP contribution in [0.2, 0.25) is 0 Å². The van der Waals surface area contributed by atoms with Crippen LogP contribution < -0.4 is 10.9 Å². The number of hydrogen-bond acceptors (Lipinski definition) is 6. The minimum absolute atomic E-state index is 0.122. The summed E-state index contributed by atoms with van der Waals surface area (Å²) >= 11 is 1.10. The lowest BCUT2D eigenvalue weighted by Crippen LogP contribution is -2.22. The lowest BCUT2D eigenvalue weighted by atomic mass is 10.4. The van der Waals surface area contributed by atoms with Crippen molar-refractivity contribution in [2.45, 2.75) is 17.3 Å². The van der Waals surface area contributed by atoms with Gasteiger partial charge in [0.15, 0.2) is 5.76 Å². The molecule has 1 N–H and O–H groups in total. The Hall–Kier alpha value is -2.69. The maximum Gasteiger partial charge on any atom is 0.287 e. The standard InChI is InChI=1S/C18H19N3O5S2/c1-20(2)28(24,25)17-9-7-14(27-17)11-19-18(23)15-8-6-13(26-15)12-21-10-4-3-5-16(21)22/h3-10H,11-12H2,1-2H3,(H,19,23). The molecule has 0 saturated heterocycles. The third-order valence-corrected chi connectivity index (χ3v) is 7.27. The van der Waals surface area contributed by atoms with Crippen LogP contribution in [0.3, 0.4) is 0 Å². The van der Waals surface area contributed by atoms with Gasteiger partial charge in [-0.3, -0.25) is 9.59 Å². The zero-order valence-corrected chi connectivity index (χ0v) is 16.9. The van der Waals surface area contributed by atoms with E-state index in [0.29, 0.717) is 10.6 Å². The molecule has 3 aromatic rings. The second-order valence-electron chi connectivity index (χ2n) is 6.12. The van der Waals surface area contributed by atoms with Crippen molar-refractivity contribution in [1.82, 2.24) is 14.2 Å². The van der Waals surface area contributed by atoms with E-state index in [4.69, 9.17) is 4.42 Å². The SMILES string of the molecule is CN(C)S(=O)(=O)c1ccc(CNC(=O)c2ccc(Cn3ccccc3=O)o2)s1. The first-order valence-electron chi connectivity index (χ1n) is 8.31. The van der Waals surface area contributed by atoms with Gasteiger partial charge in [-0.25, -0.2) is 12.7 Å². The van der Waals surface area contributed by atoms with Gasteiger partial charge in [0.05, 0.1) is 13.1 Å².